The van der Waals surface area contributed by atoms with Crippen LogP contribution in [-0.2, 0) is 4.79 Å². The van der Waals surface area contributed by atoms with Crippen molar-refractivity contribution < 1.29 is 18.5 Å². The second-order valence-corrected chi connectivity index (χ2v) is 2.94. The Hall–Kier alpha value is -1.30. The molecule has 0 aromatic heterocycles. The van der Waals surface area contributed by atoms with Gasteiger partial charge in [0.1, 0.15) is 5.75 Å². The lowest BCUT2D eigenvalue weighted by Crippen LogP contribution is -2.01. The number of hydrogen-bond donors (Lipinski definition) is 0. The molecule has 0 heterocycles. The maximum atomic E-state index is 10.7. The Morgan fingerprint density at radius 3 is 2.93 bits per heavy atom. The average molecular weight is 227 g/mol. The summed E-state index contributed by atoms with van der Waals surface area (Å²) in [4.78, 5) is 10.7. The topological polar surface area (TPSA) is 44.8 Å². The van der Waals surface area contributed by atoms with Gasteiger partial charge < -0.3 is 13.7 Å². The summed E-state index contributed by atoms with van der Waals surface area (Å²) < 4.78 is 21.9. The highest BCUT2D eigenvalue weighted by atomic mass is 32.2. The van der Waals surface area contributed by atoms with Gasteiger partial charge in [0.15, 0.2) is 11.5 Å². The number of carbonyl (C=O) groups excluding carboxylic acids is 1. The van der Waals surface area contributed by atoms with E-state index in [0.29, 0.717) is 17.2 Å². The Morgan fingerprint density at radius 1 is 1.53 bits per heavy atom. The Morgan fingerprint density at radius 2 is 2.33 bits per heavy atom. The summed E-state index contributed by atoms with van der Waals surface area (Å²) >= 11 is 0.864. The van der Waals surface area contributed by atoms with E-state index in [1.165, 1.54) is 14.0 Å². The highest BCUT2D eigenvalue weighted by Crippen LogP contribution is 2.32. The van der Waals surface area contributed by atoms with Crippen molar-refractivity contribution in [2.75, 3.05) is 7.11 Å². The van der Waals surface area contributed by atoms with Crippen molar-refractivity contribution in [3.63, 3.8) is 0 Å². The molecule has 4 nitrogen and oxygen atoms in total. The van der Waals surface area contributed by atoms with Crippen molar-refractivity contribution in [1.82, 2.24) is 0 Å². The number of rotatable bonds is 5. The third-order valence-electron chi connectivity index (χ3n) is 1.53. The van der Waals surface area contributed by atoms with E-state index < -0.39 is 5.97 Å². The van der Waals surface area contributed by atoms with Crippen molar-refractivity contribution in [2.45, 2.75) is 6.92 Å². The summed E-state index contributed by atoms with van der Waals surface area (Å²) in [7, 11) is 2.54. The van der Waals surface area contributed by atoms with Crippen LogP contribution in [0.15, 0.2) is 18.2 Å². The van der Waals surface area contributed by atoms with Crippen LogP contribution in [0.5, 0.6) is 17.2 Å². The first-order chi connectivity index (χ1) is 7.67. The zero-order valence-corrected chi connectivity index (χ0v) is 9.17. The maximum Gasteiger partial charge on any atom is 0.308 e. The number of ether oxygens (including phenoxy) is 2. The third-order valence-corrected chi connectivity index (χ3v) is 1.81. The summed E-state index contributed by atoms with van der Waals surface area (Å²) in [5.74, 6) is 0.890. The lowest BCUT2D eigenvalue weighted by atomic mass is 10.3. The van der Waals surface area contributed by atoms with E-state index in [4.69, 9.17) is 15.0 Å². The van der Waals surface area contributed by atoms with Crippen LogP contribution >= 0.6 is 11.9 Å². The number of carbonyl (C=O) groups is 1. The largest absolute Gasteiger partial charge is 0.493 e. The van der Waals surface area contributed by atoms with Crippen molar-refractivity contribution >= 4 is 25.0 Å². The molecule has 0 saturated heterocycles. The molecule has 1 rings (SSSR count). The fraction of sp³-hybridized carbons (Fsp3) is 0.222. The van der Waals surface area contributed by atoms with Gasteiger partial charge in [-0.3, -0.25) is 4.79 Å². The Bertz CT molecular complexity index is 375. The molecule has 79 valence electrons. The van der Waals surface area contributed by atoms with Gasteiger partial charge in [0.25, 0.3) is 0 Å². The zero-order chi connectivity index (χ0) is 12.0. The van der Waals surface area contributed by atoms with Crippen LogP contribution in [-0.4, -0.2) is 21.5 Å². The molecular formula is C9H10BO4S. The van der Waals surface area contributed by atoms with E-state index in [1.807, 2.05) is 0 Å². The molecule has 0 unspecified atom stereocenters. The first-order valence-electron chi connectivity index (χ1n) is 4.65. The molecule has 1 aromatic rings. The minimum absolute atomic E-state index is 0.386. The van der Waals surface area contributed by atoms with Crippen LogP contribution < -0.4 is 13.7 Å². The van der Waals surface area contributed by atoms with Crippen LogP contribution in [0.3, 0.4) is 0 Å². The van der Waals surface area contributed by atoms with Crippen LogP contribution in [0.4, 0.5) is 0 Å². The molecule has 0 amide bonds. The molecule has 6 heteroatoms. The van der Waals surface area contributed by atoms with E-state index in [1.54, 1.807) is 18.2 Å². The van der Waals surface area contributed by atoms with Gasteiger partial charge in [-0.05, 0) is 25.4 Å². The first kappa shape index (κ1) is 10.2. The fourth-order valence-electron chi connectivity index (χ4n) is 0.998. The minimum Gasteiger partial charge on any atom is -0.493 e. The van der Waals surface area contributed by atoms with Crippen molar-refractivity contribution in [3.05, 3.63) is 18.2 Å². The summed E-state index contributed by atoms with van der Waals surface area (Å²) in [5.41, 5.74) is 0. The maximum absolute atomic E-state index is 10.7. The van der Waals surface area contributed by atoms with E-state index in [9.17, 15) is 4.79 Å². The van der Waals surface area contributed by atoms with Crippen LogP contribution in [0, 0.1) is 0 Å². The third kappa shape index (κ3) is 3.40. The Kier molecular flexibility index (Phi) is 3.79. The van der Waals surface area contributed by atoms with Gasteiger partial charge in [-0.15, -0.1) is 0 Å². The Balaban J connectivity index is 2.83. The fourth-order valence-corrected chi connectivity index (χ4v) is 1.24. The number of esters is 1. The van der Waals surface area contributed by atoms with E-state index in [-0.39, 0.29) is 0 Å². The molecule has 1 aromatic carbocycles. The lowest BCUT2D eigenvalue weighted by molar-refractivity contribution is -0.131. The molecular weight excluding hydrogens is 215 g/mol. The standard InChI is InChI=1S/C9H10BO4S/c1-6(11)13-7-3-4-8(14-15-10)9(5-7)12-2/h3-5,10H,1-2H3/i10T. The average Bonchev–Trinajstić information content (AvgIpc) is 2.26. The van der Waals surface area contributed by atoms with Crippen molar-refractivity contribution in [2.24, 2.45) is 0 Å². The van der Waals surface area contributed by atoms with Crippen LogP contribution in [0.25, 0.3) is 0 Å². The van der Waals surface area contributed by atoms with E-state index >= 15 is 0 Å². The normalized spacial score (nSPS) is 10.1. The smallest absolute Gasteiger partial charge is 0.308 e. The van der Waals surface area contributed by atoms with Gasteiger partial charge in [0, 0.05) is 13.0 Å². The zero-order valence-electron chi connectivity index (χ0n) is 9.35. The molecule has 0 fully saturated rings. The van der Waals surface area contributed by atoms with E-state index in [0.717, 1.165) is 19.0 Å². The number of methoxy groups -OCH3 is 1. The summed E-state index contributed by atoms with van der Waals surface area (Å²) in [5, 5.41) is 0. The van der Waals surface area contributed by atoms with Gasteiger partial charge in [-0.2, -0.15) is 0 Å². The molecule has 0 spiro atoms. The van der Waals surface area contributed by atoms with Gasteiger partial charge in [-0.1, -0.05) is 0 Å². The SMILES string of the molecule is [3H][B]SOc1ccc(OC(C)=O)cc1OC. The summed E-state index contributed by atoms with van der Waals surface area (Å²) in [6.45, 7) is 1.32. The molecule has 0 N–H and O–H groups in total. The van der Waals surface area contributed by atoms with E-state index in [2.05, 4.69) is 0 Å². The quantitative estimate of drug-likeness (QED) is 0.330. The first-order valence-corrected chi connectivity index (χ1v) is 4.87. The number of benzene rings is 1. The monoisotopic (exact) mass is 227 g/mol. The van der Waals surface area contributed by atoms with Gasteiger partial charge in [0.05, 0.1) is 7.11 Å². The highest BCUT2D eigenvalue weighted by Gasteiger charge is 2.07. The van der Waals surface area contributed by atoms with Gasteiger partial charge in [-0.25, -0.2) is 0 Å². The predicted molar refractivity (Wildman–Crippen MR) is 59.7 cm³/mol. The minimum atomic E-state index is -0.399. The molecule has 0 atom stereocenters. The molecule has 0 aliphatic heterocycles. The van der Waals surface area contributed by atoms with Crippen molar-refractivity contribution in [3.8, 4) is 17.2 Å². The Labute approximate surface area is 94.8 Å². The summed E-state index contributed by atoms with van der Waals surface area (Å²) in [6.07, 6.45) is 0. The molecule has 0 saturated carbocycles. The second kappa shape index (κ2) is 5.55. The summed E-state index contributed by atoms with van der Waals surface area (Å²) in [6, 6.07) is 4.73. The molecule has 0 aliphatic carbocycles. The molecule has 1 radical (unpaired) electrons. The van der Waals surface area contributed by atoms with Gasteiger partial charge in [0.2, 0.25) is 7.09 Å². The predicted octanol–water partition coefficient (Wildman–Crippen LogP) is 1.46. The molecule has 0 bridgehead atoms. The van der Waals surface area contributed by atoms with Crippen LogP contribution in [0.2, 0.25) is 0 Å². The molecule has 15 heavy (non-hydrogen) atoms. The number of hydrogen-bond acceptors (Lipinski definition) is 5. The lowest BCUT2D eigenvalue weighted by Gasteiger charge is -2.09. The van der Waals surface area contributed by atoms with Crippen molar-refractivity contribution in [1.29, 1.82) is 1.34 Å². The molecule has 0 aliphatic rings. The van der Waals surface area contributed by atoms with Gasteiger partial charge >= 0.3 is 5.97 Å². The highest BCUT2D eigenvalue weighted by molar-refractivity contribution is 8.16. The van der Waals surface area contributed by atoms with Crippen LogP contribution in [0.1, 0.15) is 6.92 Å². The second-order valence-electron chi connectivity index (χ2n) is 2.59.